The van der Waals surface area contributed by atoms with E-state index < -0.39 is 0 Å². The normalized spacial score (nSPS) is 20.5. The topological polar surface area (TPSA) is 62.7 Å². The Labute approximate surface area is 134 Å². The van der Waals surface area contributed by atoms with Gasteiger partial charge in [-0.3, -0.25) is 4.98 Å². The first-order valence-electron chi connectivity index (χ1n) is 7.68. The fraction of sp³-hybridized carbons (Fsp3) is 0.167. The minimum Gasteiger partial charge on any atom is -0.264 e. The van der Waals surface area contributed by atoms with E-state index in [1.165, 1.54) is 5.56 Å². The highest BCUT2D eigenvalue weighted by Crippen LogP contribution is 2.30. The molecular weight excluding hydrogens is 286 g/mol. The van der Waals surface area contributed by atoms with Gasteiger partial charge in [0, 0.05) is 42.0 Å². The number of rotatable bonds is 3. The van der Waals surface area contributed by atoms with Gasteiger partial charge in [-0.2, -0.15) is 0 Å². The predicted molar refractivity (Wildman–Crippen MR) is 88.1 cm³/mol. The van der Waals surface area contributed by atoms with Gasteiger partial charge in [-0.1, -0.05) is 36.4 Å². The van der Waals surface area contributed by atoms with Crippen LogP contribution in [-0.4, -0.2) is 15.0 Å². The van der Waals surface area contributed by atoms with Gasteiger partial charge in [-0.25, -0.2) is 20.8 Å². The maximum Gasteiger partial charge on any atom is 0.159 e. The molecule has 0 amide bonds. The Kier molecular flexibility index (Phi) is 3.80. The lowest BCUT2D eigenvalue weighted by Crippen LogP contribution is -2.26. The monoisotopic (exact) mass is 303 g/mol. The number of hydrogen-bond donors (Lipinski definition) is 2. The summed E-state index contributed by atoms with van der Waals surface area (Å²) in [5, 5.41) is 0. The molecule has 0 bridgehead atoms. The van der Waals surface area contributed by atoms with Crippen LogP contribution in [0.1, 0.15) is 29.6 Å². The maximum absolute atomic E-state index is 4.50. The van der Waals surface area contributed by atoms with Crippen molar-refractivity contribution in [3.8, 4) is 11.4 Å². The average Bonchev–Trinajstić information content (AvgIpc) is 3.14. The predicted octanol–water partition coefficient (Wildman–Crippen LogP) is 2.82. The molecule has 1 aromatic carbocycles. The van der Waals surface area contributed by atoms with Gasteiger partial charge in [0.1, 0.15) is 0 Å². The van der Waals surface area contributed by atoms with Crippen LogP contribution in [0.15, 0.2) is 67.3 Å². The summed E-state index contributed by atoms with van der Waals surface area (Å²) in [7, 11) is 0. The lowest BCUT2D eigenvalue weighted by molar-refractivity contribution is 0.553. The van der Waals surface area contributed by atoms with Crippen molar-refractivity contribution in [3.05, 3.63) is 78.4 Å². The molecule has 1 aliphatic heterocycles. The molecule has 1 aliphatic rings. The maximum atomic E-state index is 4.50. The van der Waals surface area contributed by atoms with Crippen LogP contribution in [0.5, 0.6) is 0 Å². The molecule has 3 heterocycles. The van der Waals surface area contributed by atoms with Crippen molar-refractivity contribution in [2.45, 2.75) is 18.5 Å². The summed E-state index contributed by atoms with van der Waals surface area (Å²) >= 11 is 0. The van der Waals surface area contributed by atoms with E-state index >= 15 is 0 Å². The van der Waals surface area contributed by atoms with Gasteiger partial charge in [-0.15, -0.1) is 0 Å². The van der Waals surface area contributed by atoms with Crippen LogP contribution >= 0.6 is 0 Å². The van der Waals surface area contributed by atoms with Gasteiger partial charge in [0.15, 0.2) is 5.82 Å². The second-order valence-electron chi connectivity index (χ2n) is 5.62. The number of hydrogen-bond acceptors (Lipinski definition) is 5. The lowest BCUT2D eigenvalue weighted by atomic mass is 10.0. The van der Waals surface area contributed by atoms with Gasteiger partial charge in [0.25, 0.3) is 0 Å². The Bertz CT molecular complexity index is 758. The summed E-state index contributed by atoms with van der Waals surface area (Å²) < 4.78 is 0. The number of nitrogens with one attached hydrogen (secondary N) is 2. The van der Waals surface area contributed by atoms with E-state index in [2.05, 4.69) is 31.9 Å². The lowest BCUT2D eigenvalue weighted by Gasteiger charge is -2.09. The van der Waals surface area contributed by atoms with Crippen LogP contribution in [0.3, 0.4) is 0 Å². The van der Waals surface area contributed by atoms with E-state index in [-0.39, 0.29) is 12.1 Å². The molecule has 5 heteroatoms. The van der Waals surface area contributed by atoms with Crippen LogP contribution in [0.2, 0.25) is 0 Å². The Morgan fingerprint density at radius 1 is 0.783 bits per heavy atom. The zero-order chi connectivity index (χ0) is 15.5. The van der Waals surface area contributed by atoms with Gasteiger partial charge >= 0.3 is 0 Å². The molecule has 0 aliphatic carbocycles. The summed E-state index contributed by atoms with van der Waals surface area (Å²) in [6.07, 6.45) is 8.44. The molecule has 1 fully saturated rings. The summed E-state index contributed by atoms with van der Waals surface area (Å²) in [6, 6.07) is 14.5. The Morgan fingerprint density at radius 2 is 1.52 bits per heavy atom. The molecule has 2 unspecified atom stereocenters. The standard InChI is InChI=1S/C18H17N5/c1-2-5-13(6-3-1)18-20-11-15(12-21-18)17-9-16(22-23-17)14-7-4-8-19-10-14/h1-8,10-12,16-17,22-23H,9H2. The molecule has 3 aromatic rings. The van der Waals surface area contributed by atoms with Crippen LogP contribution in [0.4, 0.5) is 0 Å². The zero-order valence-electron chi connectivity index (χ0n) is 12.6. The van der Waals surface area contributed by atoms with Crippen molar-refractivity contribution in [1.29, 1.82) is 0 Å². The second kappa shape index (κ2) is 6.24. The third-order valence-corrected chi connectivity index (χ3v) is 4.10. The zero-order valence-corrected chi connectivity index (χ0v) is 12.6. The second-order valence-corrected chi connectivity index (χ2v) is 5.62. The van der Waals surface area contributed by atoms with Crippen molar-refractivity contribution < 1.29 is 0 Å². The Hall–Kier alpha value is -2.63. The van der Waals surface area contributed by atoms with E-state index in [0.29, 0.717) is 0 Å². The molecule has 4 rings (SSSR count). The van der Waals surface area contributed by atoms with Crippen molar-refractivity contribution in [3.63, 3.8) is 0 Å². The van der Waals surface area contributed by atoms with Crippen molar-refractivity contribution >= 4 is 0 Å². The van der Waals surface area contributed by atoms with Crippen molar-refractivity contribution in [2.24, 2.45) is 0 Å². The minimum absolute atomic E-state index is 0.199. The molecule has 2 aromatic heterocycles. The van der Waals surface area contributed by atoms with Gasteiger partial charge in [0.2, 0.25) is 0 Å². The van der Waals surface area contributed by atoms with Crippen LogP contribution in [0.25, 0.3) is 11.4 Å². The summed E-state index contributed by atoms with van der Waals surface area (Å²) in [5.41, 5.74) is 9.95. The number of nitrogens with zero attached hydrogens (tertiary/aromatic N) is 3. The van der Waals surface area contributed by atoms with Gasteiger partial charge < -0.3 is 0 Å². The molecule has 114 valence electrons. The number of pyridine rings is 1. The van der Waals surface area contributed by atoms with Gasteiger partial charge in [0.05, 0.1) is 6.04 Å². The molecule has 2 atom stereocenters. The van der Waals surface area contributed by atoms with E-state index in [0.717, 1.165) is 23.4 Å². The third kappa shape index (κ3) is 2.97. The fourth-order valence-electron chi connectivity index (χ4n) is 2.83. The van der Waals surface area contributed by atoms with E-state index in [1.807, 2.05) is 55.0 Å². The largest absolute Gasteiger partial charge is 0.264 e. The highest BCUT2D eigenvalue weighted by molar-refractivity contribution is 5.54. The summed E-state index contributed by atoms with van der Waals surface area (Å²) in [4.78, 5) is 13.2. The molecule has 1 saturated heterocycles. The Balaban J connectivity index is 1.49. The highest BCUT2D eigenvalue weighted by Gasteiger charge is 2.26. The smallest absolute Gasteiger partial charge is 0.159 e. The average molecular weight is 303 g/mol. The summed E-state index contributed by atoms with van der Waals surface area (Å²) in [6.45, 7) is 0. The van der Waals surface area contributed by atoms with E-state index in [4.69, 9.17) is 0 Å². The van der Waals surface area contributed by atoms with E-state index in [9.17, 15) is 0 Å². The number of benzene rings is 1. The van der Waals surface area contributed by atoms with Crippen LogP contribution in [-0.2, 0) is 0 Å². The summed E-state index contributed by atoms with van der Waals surface area (Å²) in [5.74, 6) is 0.754. The Morgan fingerprint density at radius 3 is 2.22 bits per heavy atom. The van der Waals surface area contributed by atoms with Crippen molar-refractivity contribution in [2.75, 3.05) is 0 Å². The molecule has 0 spiro atoms. The number of aromatic nitrogens is 3. The molecule has 2 N–H and O–H groups in total. The van der Waals surface area contributed by atoms with Crippen molar-refractivity contribution in [1.82, 2.24) is 25.8 Å². The SMILES string of the molecule is c1ccc(-c2ncc(C3CC(c4cccnc4)NN3)cn2)cc1. The highest BCUT2D eigenvalue weighted by atomic mass is 15.4. The molecule has 0 radical (unpaired) electrons. The van der Waals surface area contributed by atoms with Crippen LogP contribution < -0.4 is 10.9 Å². The third-order valence-electron chi connectivity index (χ3n) is 4.10. The fourth-order valence-corrected chi connectivity index (χ4v) is 2.83. The molecular formula is C18H17N5. The first kappa shape index (κ1) is 14.0. The molecule has 23 heavy (non-hydrogen) atoms. The first-order valence-corrected chi connectivity index (χ1v) is 7.68. The van der Waals surface area contributed by atoms with Gasteiger partial charge in [-0.05, 0) is 18.1 Å². The van der Waals surface area contributed by atoms with E-state index in [1.54, 1.807) is 6.20 Å². The molecule has 5 nitrogen and oxygen atoms in total. The molecule has 0 saturated carbocycles. The minimum atomic E-state index is 0.199. The van der Waals surface area contributed by atoms with Crippen LogP contribution in [0, 0.1) is 0 Å². The quantitative estimate of drug-likeness (QED) is 0.779. The number of hydrazine groups is 1. The first-order chi connectivity index (χ1) is 11.4.